The number of aryl methyl sites for hydroxylation is 2. The Bertz CT molecular complexity index is 1170. The normalized spacial score (nSPS) is 24.5. The molecule has 0 aliphatic carbocycles. The number of nitrogens with zero attached hydrogens (tertiary/aromatic N) is 5. The lowest BCUT2D eigenvalue weighted by Gasteiger charge is -2.56. The molecule has 0 saturated carbocycles. The zero-order valence-electron chi connectivity index (χ0n) is 26.8. The summed E-state index contributed by atoms with van der Waals surface area (Å²) in [6, 6.07) is 3.80. The predicted octanol–water partition coefficient (Wildman–Crippen LogP) is 5.47. The number of nitriles is 1. The predicted molar refractivity (Wildman–Crippen MR) is 165 cm³/mol. The zero-order chi connectivity index (χ0) is 30.6. The second-order valence-corrected chi connectivity index (χ2v) is 13.8. The van der Waals surface area contributed by atoms with Gasteiger partial charge in [0.2, 0.25) is 0 Å². The maximum Gasteiger partial charge on any atom is 0.410 e. The third-order valence-corrected chi connectivity index (χ3v) is 11.2. The van der Waals surface area contributed by atoms with Gasteiger partial charge in [-0.2, -0.15) is 5.26 Å². The summed E-state index contributed by atoms with van der Waals surface area (Å²) >= 11 is 0. The first-order valence-corrected chi connectivity index (χ1v) is 16.6. The number of carbonyl (C=O) groups excluding carboxylic acids is 2. The van der Waals surface area contributed by atoms with Crippen molar-refractivity contribution in [2.75, 3.05) is 52.5 Å². The van der Waals surface area contributed by atoms with Gasteiger partial charge in [0.15, 0.2) is 0 Å². The number of likely N-dealkylation sites (tertiary alicyclic amines) is 3. The lowest BCUT2D eigenvalue weighted by molar-refractivity contribution is -0.0629. The summed E-state index contributed by atoms with van der Waals surface area (Å²) in [6.07, 6.45) is 10.4. The minimum absolute atomic E-state index is 0.00857. The van der Waals surface area contributed by atoms with E-state index in [1.165, 1.54) is 32.1 Å². The quantitative estimate of drug-likeness (QED) is 0.431. The van der Waals surface area contributed by atoms with Crippen molar-refractivity contribution in [3.05, 3.63) is 28.6 Å². The maximum absolute atomic E-state index is 13.5. The Hall–Kier alpha value is -2.70. The van der Waals surface area contributed by atoms with E-state index in [0.717, 1.165) is 76.9 Å². The molecule has 9 heteroatoms. The zero-order valence-corrected chi connectivity index (χ0v) is 26.8. The van der Waals surface area contributed by atoms with E-state index < -0.39 is 0 Å². The van der Waals surface area contributed by atoms with Crippen molar-refractivity contribution in [1.82, 2.24) is 19.7 Å². The number of hydrogen-bond acceptors (Lipinski definition) is 7. The minimum Gasteiger partial charge on any atom is -0.446 e. The minimum atomic E-state index is -0.128. The standard InChI is InChI=1S/C34H51N5O4/c1-5-6-7-27-24-38(32(41)43-29-8-20-42-21-9-29)17-12-34(27)13-18-39(19-14-34)33(4)10-15-37(16-11-33)31(40)30-25(2)22-28(23-35)36-26(30)3/h22,27,29H,5-21,24H2,1-4H3. The average molecular weight is 594 g/mol. The molecule has 0 N–H and O–H groups in total. The molecule has 1 unspecified atom stereocenters. The van der Waals surface area contributed by atoms with Crippen molar-refractivity contribution in [3.63, 3.8) is 0 Å². The highest BCUT2D eigenvalue weighted by Crippen LogP contribution is 2.49. The Kier molecular flexibility index (Phi) is 9.97. The number of hydrogen-bond donors (Lipinski definition) is 0. The first-order chi connectivity index (χ1) is 20.7. The fraction of sp³-hybridized carbons (Fsp3) is 0.765. The monoisotopic (exact) mass is 593 g/mol. The molecule has 4 aliphatic rings. The summed E-state index contributed by atoms with van der Waals surface area (Å²) < 4.78 is 11.3. The second kappa shape index (κ2) is 13.5. The van der Waals surface area contributed by atoms with Crippen molar-refractivity contribution < 1.29 is 19.1 Å². The molecule has 9 nitrogen and oxygen atoms in total. The summed E-state index contributed by atoms with van der Waals surface area (Å²) in [5, 5.41) is 9.23. The smallest absolute Gasteiger partial charge is 0.410 e. The topological polar surface area (TPSA) is 99.0 Å². The molecule has 4 aliphatic heterocycles. The van der Waals surface area contributed by atoms with Crippen LogP contribution in [-0.2, 0) is 9.47 Å². The van der Waals surface area contributed by atoms with Crippen LogP contribution in [0.25, 0.3) is 0 Å². The van der Waals surface area contributed by atoms with Gasteiger partial charge in [0, 0.05) is 44.6 Å². The van der Waals surface area contributed by atoms with Gasteiger partial charge in [0.1, 0.15) is 17.9 Å². The van der Waals surface area contributed by atoms with Crippen LogP contribution in [-0.4, -0.2) is 95.8 Å². The summed E-state index contributed by atoms with van der Waals surface area (Å²) in [5.74, 6) is 0.554. The fourth-order valence-electron chi connectivity index (χ4n) is 8.17. The lowest BCUT2D eigenvalue weighted by Crippen LogP contribution is -2.60. The molecule has 4 fully saturated rings. The van der Waals surface area contributed by atoms with Crippen LogP contribution in [0.3, 0.4) is 0 Å². The van der Waals surface area contributed by atoms with Crippen LogP contribution in [0, 0.1) is 36.5 Å². The summed E-state index contributed by atoms with van der Waals surface area (Å²) in [5.41, 5.74) is 2.84. The van der Waals surface area contributed by atoms with Gasteiger partial charge >= 0.3 is 6.09 Å². The van der Waals surface area contributed by atoms with E-state index in [-0.39, 0.29) is 23.6 Å². The van der Waals surface area contributed by atoms with E-state index in [1.807, 2.05) is 23.6 Å². The third kappa shape index (κ3) is 6.86. The molecule has 4 saturated heterocycles. The van der Waals surface area contributed by atoms with Crippen LogP contribution in [0.5, 0.6) is 0 Å². The van der Waals surface area contributed by atoms with Gasteiger partial charge in [0.05, 0.1) is 24.5 Å². The van der Waals surface area contributed by atoms with Crippen LogP contribution >= 0.6 is 0 Å². The number of rotatable bonds is 6. The van der Waals surface area contributed by atoms with Gasteiger partial charge in [-0.3, -0.25) is 9.69 Å². The van der Waals surface area contributed by atoms with Gasteiger partial charge in [-0.1, -0.05) is 19.8 Å². The van der Waals surface area contributed by atoms with Crippen LogP contribution < -0.4 is 0 Å². The summed E-state index contributed by atoms with van der Waals surface area (Å²) in [7, 11) is 0. The Morgan fingerprint density at radius 2 is 1.70 bits per heavy atom. The van der Waals surface area contributed by atoms with Gasteiger partial charge in [-0.05, 0) is 95.3 Å². The molecule has 0 aromatic carbocycles. The first-order valence-electron chi connectivity index (χ1n) is 16.6. The van der Waals surface area contributed by atoms with Crippen LogP contribution in [0.1, 0.15) is 105 Å². The van der Waals surface area contributed by atoms with Crippen molar-refractivity contribution in [2.24, 2.45) is 11.3 Å². The number of unbranched alkanes of at least 4 members (excludes halogenated alkanes) is 1. The molecule has 1 atom stereocenters. The maximum atomic E-state index is 13.5. The number of pyridine rings is 1. The molecule has 0 bridgehead atoms. The molecule has 1 aromatic heterocycles. The van der Waals surface area contributed by atoms with Gasteiger partial charge < -0.3 is 19.3 Å². The molecule has 0 radical (unpaired) electrons. The molecular weight excluding hydrogens is 542 g/mol. The summed E-state index contributed by atoms with van der Waals surface area (Å²) in [6.45, 7) is 15.0. The van der Waals surface area contributed by atoms with Crippen molar-refractivity contribution >= 4 is 12.0 Å². The third-order valence-electron chi connectivity index (χ3n) is 11.2. The lowest BCUT2D eigenvalue weighted by atomic mass is 9.62. The van der Waals surface area contributed by atoms with Crippen LogP contribution in [0.2, 0.25) is 0 Å². The Morgan fingerprint density at radius 3 is 2.33 bits per heavy atom. The fourth-order valence-corrected chi connectivity index (χ4v) is 8.17. The molecule has 2 amide bonds. The first kappa shape index (κ1) is 31.7. The van der Waals surface area contributed by atoms with Gasteiger partial charge in [-0.25, -0.2) is 9.78 Å². The SMILES string of the molecule is CCCCC1CN(C(=O)OC2CCOCC2)CCC12CCN(C1(C)CCN(C(=O)c3c(C)cc(C#N)nc3C)CC1)CC2. The van der Waals surface area contributed by atoms with E-state index >= 15 is 0 Å². The number of ether oxygens (including phenoxy) is 2. The van der Waals surface area contributed by atoms with E-state index in [2.05, 4.69) is 29.8 Å². The van der Waals surface area contributed by atoms with Crippen LogP contribution in [0.4, 0.5) is 4.79 Å². The van der Waals surface area contributed by atoms with Gasteiger partial charge in [-0.15, -0.1) is 0 Å². The van der Waals surface area contributed by atoms with Crippen molar-refractivity contribution in [1.29, 1.82) is 5.26 Å². The Morgan fingerprint density at radius 1 is 1.05 bits per heavy atom. The Labute approximate surface area is 257 Å². The number of amides is 2. The van der Waals surface area contributed by atoms with E-state index in [1.54, 1.807) is 6.07 Å². The highest BCUT2D eigenvalue weighted by atomic mass is 16.6. The number of aromatic nitrogens is 1. The molecule has 236 valence electrons. The second-order valence-electron chi connectivity index (χ2n) is 13.8. The Balaban J connectivity index is 1.17. The van der Waals surface area contributed by atoms with E-state index in [9.17, 15) is 14.9 Å². The molecule has 43 heavy (non-hydrogen) atoms. The highest BCUT2D eigenvalue weighted by Gasteiger charge is 2.48. The van der Waals surface area contributed by atoms with Gasteiger partial charge in [0.25, 0.3) is 5.91 Å². The van der Waals surface area contributed by atoms with Crippen molar-refractivity contribution in [2.45, 2.75) is 104 Å². The van der Waals surface area contributed by atoms with Crippen LogP contribution in [0.15, 0.2) is 6.07 Å². The molecule has 5 rings (SSSR count). The molecular formula is C34H51N5O4. The highest BCUT2D eigenvalue weighted by molar-refractivity contribution is 5.96. The number of piperidine rings is 3. The largest absolute Gasteiger partial charge is 0.446 e. The van der Waals surface area contributed by atoms with Crippen molar-refractivity contribution in [3.8, 4) is 6.07 Å². The number of carbonyl (C=O) groups is 2. The van der Waals surface area contributed by atoms with E-state index in [4.69, 9.17) is 9.47 Å². The molecule has 1 aromatic rings. The van der Waals surface area contributed by atoms with E-state index in [0.29, 0.717) is 41.5 Å². The molecule has 5 heterocycles. The molecule has 1 spiro atoms. The average Bonchev–Trinajstić information content (AvgIpc) is 3.01. The summed E-state index contributed by atoms with van der Waals surface area (Å²) in [4.78, 5) is 37.6.